The molecule has 29 heavy (non-hydrogen) atoms. The number of methoxy groups -OCH3 is 1. The van der Waals surface area contributed by atoms with Crippen molar-refractivity contribution >= 4 is 11.7 Å². The standard InChI is InChI=1S/C24H22N2O3/c1-3-29-22-15-19(11-14-21(22)18-7-5-4-6-8-18)23(24(27)28-2)26-20-12-9-17(16-25)10-13-20/h4-15,23,26H,3H2,1-2H3. The molecule has 0 aliphatic rings. The molecule has 146 valence electrons. The summed E-state index contributed by atoms with van der Waals surface area (Å²) in [4.78, 5) is 12.5. The van der Waals surface area contributed by atoms with Crippen LogP contribution in [-0.4, -0.2) is 19.7 Å². The number of esters is 1. The Morgan fingerprint density at radius 1 is 1.07 bits per heavy atom. The maximum atomic E-state index is 12.5. The van der Waals surface area contributed by atoms with Gasteiger partial charge in [-0.05, 0) is 48.4 Å². The third kappa shape index (κ3) is 4.74. The lowest BCUT2D eigenvalue weighted by molar-refractivity contribution is -0.141. The average molecular weight is 386 g/mol. The van der Waals surface area contributed by atoms with Gasteiger partial charge in [-0.1, -0.05) is 42.5 Å². The van der Waals surface area contributed by atoms with Crippen molar-refractivity contribution in [2.24, 2.45) is 0 Å². The lowest BCUT2D eigenvalue weighted by Gasteiger charge is -2.20. The number of hydrogen-bond acceptors (Lipinski definition) is 5. The molecule has 1 unspecified atom stereocenters. The van der Waals surface area contributed by atoms with E-state index in [2.05, 4.69) is 11.4 Å². The highest BCUT2D eigenvalue weighted by atomic mass is 16.5. The van der Waals surface area contributed by atoms with Crippen LogP contribution in [0, 0.1) is 11.3 Å². The van der Waals surface area contributed by atoms with Crippen molar-refractivity contribution in [2.45, 2.75) is 13.0 Å². The first-order valence-corrected chi connectivity index (χ1v) is 9.33. The Morgan fingerprint density at radius 2 is 1.79 bits per heavy atom. The van der Waals surface area contributed by atoms with Gasteiger partial charge < -0.3 is 14.8 Å². The van der Waals surface area contributed by atoms with Crippen LogP contribution in [0.25, 0.3) is 11.1 Å². The number of nitrogens with one attached hydrogen (secondary N) is 1. The molecule has 0 saturated carbocycles. The minimum Gasteiger partial charge on any atom is -0.493 e. The highest BCUT2D eigenvalue weighted by Crippen LogP contribution is 2.34. The highest BCUT2D eigenvalue weighted by molar-refractivity contribution is 5.82. The van der Waals surface area contributed by atoms with Crippen LogP contribution < -0.4 is 10.1 Å². The van der Waals surface area contributed by atoms with Gasteiger partial charge in [0.2, 0.25) is 0 Å². The molecular weight excluding hydrogens is 364 g/mol. The summed E-state index contributed by atoms with van der Waals surface area (Å²) in [6.07, 6.45) is 0. The fraction of sp³-hybridized carbons (Fsp3) is 0.167. The Labute approximate surface area is 170 Å². The van der Waals surface area contributed by atoms with E-state index in [4.69, 9.17) is 14.7 Å². The van der Waals surface area contributed by atoms with Gasteiger partial charge in [-0.15, -0.1) is 0 Å². The summed E-state index contributed by atoms with van der Waals surface area (Å²) in [5.41, 5.74) is 3.99. The molecule has 5 nitrogen and oxygen atoms in total. The molecule has 0 heterocycles. The van der Waals surface area contributed by atoms with Gasteiger partial charge in [0.05, 0.1) is 25.3 Å². The number of carbonyl (C=O) groups excluding carboxylic acids is 1. The van der Waals surface area contributed by atoms with Crippen LogP contribution >= 0.6 is 0 Å². The van der Waals surface area contributed by atoms with Crippen molar-refractivity contribution < 1.29 is 14.3 Å². The van der Waals surface area contributed by atoms with Crippen molar-refractivity contribution in [2.75, 3.05) is 19.0 Å². The zero-order valence-electron chi connectivity index (χ0n) is 16.4. The fourth-order valence-corrected chi connectivity index (χ4v) is 3.05. The normalized spacial score (nSPS) is 11.2. The van der Waals surface area contributed by atoms with E-state index in [9.17, 15) is 4.79 Å². The van der Waals surface area contributed by atoms with Crippen LogP contribution in [0.2, 0.25) is 0 Å². The second-order valence-electron chi connectivity index (χ2n) is 6.34. The summed E-state index contributed by atoms with van der Waals surface area (Å²) in [6.45, 7) is 2.43. The van der Waals surface area contributed by atoms with E-state index in [-0.39, 0.29) is 0 Å². The number of hydrogen-bond donors (Lipinski definition) is 1. The second kappa shape index (κ2) is 9.43. The topological polar surface area (TPSA) is 71.3 Å². The zero-order valence-corrected chi connectivity index (χ0v) is 16.4. The minimum absolute atomic E-state index is 0.413. The quantitative estimate of drug-likeness (QED) is 0.582. The largest absolute Gasteiger partial charge is 0.493 e. The van der Waals surface area contributed by atoms with Gasteiger partial charge >= 0.3 is 5.97 Å². The monoisotopic (exact) mass is 386 g/mol. The first-order chi connectivity index (χ1) is 14.2. The average Bonchev–Trinajstić information content (AvgIpc) is 2.78. The van der Waals surface area contributed by atoms with Crippen LogP contribution in [-0.2, 0) is 9.53 Å². The molecule has 3 rings (SSSR count). The number of anilines is 1. The van der Waals surface area contributed by atoms with E-state index in [0.29, 0.717) is 23.6 Å². The van der Waals surface area contributed by atoms with Gasteiger partial charge in [0.25, 0.3) is 0 Å². The van der Waals surface area contributed by atoms with E-state index < -0.39 is 12.0 Å². The van der Waals surface area contributed by atoms with Crippen molar-refractivity contribution in [1.82, 2.24) is 0 Å². The summed E-state index contributed by atoms with van der Waals surface area (Å²) < 4.78 is 10.9. The van der Waals surface area contributed by atoms with Gasteiger partial charge in [-0.3, -0.25) is 0 Å². The van der Waals surface area contributed by atoms with Crippen LogP contribution in [0.15, 0.2) is 72.8 Å². The minimum atomic E-state index is -0.711. The number of nitrogens with zero attached hydrogens (tertiary/aromatic N) is 1. The molecule has 0 spiro atoms. The third-order valence-electron chi connectivity index (χ3n) is 4.49. The maximum absolute atomic E-state index is 12.5. The van der Waals surface area contributed by atoms with Crippen molar-refractivity contribution in [3.8, 4) is 22.9 Å². The second-order valence-corrected chi connectivity index (χ2v) is 6.34. The Hall–Kier alpha value is -3.78. The number of rotatable bonds is 7. The third-order valence-corrected chi connectivity index (χ3v) is 4.49. The fourth-order valence-electron chi connectivity index (χ4n) is 3.05. The van der Waals surface area contributed by atoms with Gasteiger partial charge in [-0.2, -0.15) is 5.26 Å². The van der Waals surface area contributed by atoms with Gasteiger partial charge in [-0.25, -0.2) is 4.79 Å². The van der Waals surface area contributed by atoms with Crippen molar-refractivity contribution in [3.63, 3.8) is 0 Å². The lowest BCUT2D eigenvalue weighted by atomic mass is 9.99. The highest BCUT2D eigenvalue weighted by Gasteiger charge is 2.23. The van der Waals surface area contributed by atoms with Crippen LogP contribution in [0.3, 0.4) is 0 Å². The number of nitriles is 1. The molecule has 0 radical (unpaired) electrons. The molecule has 3 aromatic rings. The zero-order chi connectivity index (χ0) is 20.6. The number of carbonyl (C=O) groups is 1. The molecular formula is C24H22N2O3. The Balaban J connectivity index is 1.97. The van der Waals surface area contributed by atoms with Crippen LogP contribution in [0.5, 0.6) is 5.75 Å². The van der Waals surface area contributed by atoms with E-state index in [0.717, 1.165) is 16.7 Å². The van der Waals surface area contributed by atoms with Gasteiger partial charge in [0.15, 0.2) is 6.04 Å². The summed E-state index contributed by atoms with van der Waals surface area (Å²) in [6, 6.07) is 23.9. The van der Waals surface area contributed by atoms with E-state index in [1.165, 1.54) is 7.11 Å². The molecule has 0 aromatic heterocycles. The Bertz CT molecular complexity index is 1010. The smallest absolute Gasteiger partial charge is 0.332 e. The van der Waals surface area contributed by atoms with Crippen LogP contribution in [0.1, 0.15) is 24.1 Å². The van der Waals surface area contributed by atoms with E-state index in [1.54, 1.807) is 24.3 Å². The summed E-state index contributed by atoms with van der Waals surface area (Å²) in [7, 11) is 1.36. The molecule has 5 heteroatoms. The molecule has 3 aromatic carbocycles. The van der Waals surface area contributed by atoms with Crippen molar-refractivity contribution in [3.05, 3.63) is 83.9 Å². The van der Waals surface area contributed by atoms with Crippen molar-refractivity contribution in [1.29, 1.82) is 5.26 Å². The van der Waals surface area contributed by atoms with E-state index >= 15 is 0 Å². The van der Waals surface area contributed by atoms with Gasteiger partial charge in [0.1, 0.15) is 5.75 Å². The first kappa shape index (κ1) is 20.0. The molecule has 0 aliphatic carbocycles. The SMILES string of the molecule is CCOc1cc(C(Nc2ccc(C#N)cc2)C(=O)OC)ccc1-c1ccccc1. The molecule has 0 fully saturated rings. The first-order valence-electron chi connectivity index (χ1n) is 9.33. The summed E-state index contributed by atoms with van der Waals surface area (Å²) in [5, 5.41) is 12.1. The summed E-state index contributed by atoms with van der Waals surface area (Å²) in [5.74, 6) is 0.288. The van der Waals surface area contributed by atoms with Gasteiger partial charge in [0, 0.05) is 11.3 Å². The predicted molar refractivity (Wildman–Crippen MR) is 113 cm³/mol. The lowest BCUT2D eigenvalue weighted by Crippen LogP contribution is -2.22. The summed E-state index contributed by atoms with van der Waals surface area (Å²) >= 11 is 0. The maximum Gasteiger partial charge on any atom is 0.332 e. The Morgan fingerprint density at radius 3 is 2.41 bits per heavy atom. The predicted octanol–water partition coefficient (Wildman–Crippen LogP) is 4.95. The number of ether oxygens (including phenoxy) is 2. The Kier molecular flexibility index (Phi) is 6.49. The molecule has 1 atom stereocenters. The molecule has 1 N–H and O–H groups in total. The molecule has 0 aliphatic heterocycles. The molecule has 0 bridgehead atoms. The molecule has 0 saturated heterocycles. The van der Waals surface area contributed by atoms with E-state index in [1.807, 2.05) is 55.5 Å². The number of benzene rings is 3. The van der Waals surface area contributed by atoms with Crippen LogP contribution in [0.4, 0.5) is 5.69 Å². The molecule has 0 amide bonds.